The monoisotopic (exact) mass is 268 g/mol. The van der Waals surface area contributed by atoms with E-state index in [0.717, 1.165) is 31.8 Å². The molecule has 0 saturated carbocycles. The lowest BCUT2D eigenvalue weighted by Crippen LogP contribution is -2.50. The Bertz CT molecular complexity index is 259. The van der Waals surface area contributed by atoms with Crippen LogP contribution in [0.1, 0.15) is 52.9 Å². The van der Waals surface area contributed by atoms with Crippen molar-refractivity contribution in [3.63, 3.8) is 0 Å². The maximum Gasteiger partial charge on any atom is 0.0521 e. The van der Waals surface area contributed by atoms with E-state index in [4.69, 9.17) is 4.74 Å². The normalized spacial score (nSPS) is 36.8. The Morgan fingerprint density at radius 1 is 1.21 bits per heavy atom. The number of ether oxygens (including phenoxy) is 1. The molecule has 112 valence electrons. The standard InChI is InChI=1S/C16H32N2O/c1-4-9-17-16-8-10-19-12-14(16)11-18-13(3)6-7-15(18)5-2/h13-17H,4-12H2,1-3H3. The second-order valence-electron chi connectivity index (χ2n) is 6.37. The predicted molar refractivity (Wildman–Crippen MR) is 80.5 cm³/mol. The molecule has 19 heavy (non-hydrogen) atoms. The zero-order valence-corrected chi connectivity index (χ0v) is 13.0. The van der Waals surface area contributed by atoms with Crippen molar-refractivity contribution in [2.45, 2.75) is 71.0 Å². The van der Waals surface area contributed by atoms with E-state index in [2.05, 4.69) is 31.0 Å². The van der Waals surface area contributed by atoms with Gasteiger partial charge >= 0.3 is 0 Å². The summed E-state index contributed by atoms with van der Waals surface area (Å²) in [6.45, 7) is 11.2. The maximum absolute atomic E-state index is 5.74. The Balaban J connectivity index is 1.90. The first-order chi connectivity index (χ1) is 9.26. The molecule has 4 atom stereocenters. The molecule has 4 unspecified atom stereocenters. The third-order valence-electron chi connectivity index (χ3n) is 5.00. The molecule has 2 aliphatic rings. The van der Waals surface area contributed by atoms with Gasteiger partial charge in [-0.25, -0.2) is 0 Å². The van der Waals surface area contributed by atoms with Crippen LogP contribution in [0.15, 0.2) is 0 Å². The molecular weight excluding hydrogens is 236 g/mol. The van der Waals surface area contributed by atoms with Crippen molar-refractivity contribution in [2.75, 3.05) is 26.3 Å². The van der Waals surface area contributed by atoms with E-state index in [1.165, 1.54) is 38.6 Å². The van der Waals surface area contributed by atoms with Gasteiger partial charge in [-0.1, -0.05) is 13.8 Å². The average molecular weight is 268 g/mol. The van der Waals surface area contributed by atoms with Crippen LogP contribution in [0.3, 0.4) is 0 Å². The van der Waals surface area contributed by atoms with E-state index < -0.39 is 0 Å². The molecule has 0 spiro atoms. The maximum atomic E-state index is 5.74. The van der Waals surface area contributed by atoms with Crippen molar-refractivity contribution < 1.29 is 4.74 Å². The Morgan fingerprint density at radius 3 is 2.79 bits per heavy atom. The molecule has 3 heteroatoms. The first-order valence-corrected chi connectivity index (χ1v) is 8.33. The molecule has 3 nitrogen and oxygen atoms in total. The SMILES string of the molecule is CCCNC1CCOCC1CN1C(C)CCC1CC. The van der Waals surface area contributed by atoms with Crippen LogP contribution in [0.4, 0.5) is 0 Å². The van der Waals surface area contributed by atoms with E-state index >= 15 is 0 Å². The zero-order valence-electron chi connectivity index (χ0n) is 13.0. The highest BCUT2D eigenvalue weighted by atomic mass is 16.5. The van der Waals surface area contributed by atoms with E-state index in [-0.39, 0.29) is 0 Å². The van der Waals surface area contributed by atoms with E-state index in [1.807, 2.05) is 0 Å². The van der Waals surface area contributed by atoms with Gasteiger partial charge in [-0.3, -0.25) is 4.90 Å². The first kappa shape index (κ1) is 15.3. The highest BCUT2D eigenvalue weighted by Crippen LogP contribution is 2.28. The fourth-order valence-corrected chi connectivity index (χ4v) is 3.74. The van der Waals surface area contributed by atoms with Crippen LogP contribution in [0.2, 0.25) is 0 Å². The van der Waals surface area contributed by atoms with Crippen molar-refractivity contribution in [1.82, 2.24) is 10.2 Å². The van der Waals surface area contributed by atoms with E-state index in [9.17, 15) is 0 Å². The van der Waals surface area contributed by atoms with Crippen LogP contribution in [0, 0.1) is 5.92 Å². The summed E-state index contributed by atoms with van der Waals surface area (Å²) >= 11 is 0. The fourth-order valence-electron chi connectivity index (χ4n) is 3.74. The van der Waals surface area contributed by atoms with Crippen molar-refractivity contribution in [1.29, 1.82) is 0 Å². The van der Waals surface area contributed by atoms with Crippen LogP contribution in [0.25, 0.3) is 0 Å². The number of likely N-dealkylation sites (tertiary alicyclic amines) is 1. The van der Waals surface area contributed by atoms with E-state index in [1.54, 1.807) is 0 Å². The molecule has 0 bridgehead atoms. The van der Waals surface area contributed by atoms with Gasteiger partial charge in [0.15, 0.2) is 0 Å². The molecule has 2 rings (SSSR count). The Hall–Kier alpha value is -0.120. The molecule has 2 aliphatic heterocycles. The lowest BCUT2D eigenvalue weighted by molar-refractivity contribution is 0.00954. The van der Waals surface area contributed by atoms with Crippen molar-refractivity contribution in [3.05, 3.63) is 0 Å². The zero-order chi connectivity index (χ0) is 13.7. The first-order valence-electron chi connectivity index (χ1n) is 8.33. The smallest absolute Gasteiger partial charge is 0.0521 e. The molecule has 0 aromatic heterocycles. The summed E-state index contributed by atoms with van der Waals surface area (Å²) in [5, 5.41) is 3.74. The van der Waals surface area contributed by atoms with Crippen LogP contribution in [0.5, 0.6) is 0 Å². The van der Waals surface area contributed by atoms with Crippen LogP contribution >= 0.6 is 0 Å². The van der Waals surface area contributed by atoms with Gasteiger partial charge in [-0.05, 0) is 45.6 Å². The Morgan fingerprint density at radius 2 is 2.05 bits per heavy atom. The highest BCUT2D eigenvalue weighted by molar-refractivity contribution is 4.89. The fraction of sp³-hybridized carbons (Fsp3) is 1.00. The summed E-state index contributed by atoms with van der Waals surface area (Å²) in [6.07, 6.45) is 6.47. The molecule has 0 radical (unpaired) electrons. The van der Waals surface area contributed by atoms with Gasteiger partial charge in [0.1, 0.15) is 0 Å². The summed E-state index contributed by atoms with van der Waals surface area (Å²) < 4.78 is 5.74. The van der Waals surface area contributed by atoms with Crippen molar-refractivity contribution >= 4 is 0 Å². The lowest BCUT2D eigenvalue weighted by Gasteiger charge is -2.38. The topological polar surface area (TPSA) is 24.5 Å². The number of hydrogen-bond acceptors (Lipinski definition) is 3. The minimum Gasteiger partial charge on any atom is -0.381 e. The quantitative estimate of drug-likeness (QED) is 0.801. The molecule has 2 fully saturated rings. The Labute approximate surface area is 119 Å². The summed E-state index contributed by atoms with van der Waals surface area (Å²) in [5.74, 6) is 0.676. The largest absolute Gasteiger partial charge is 0.381 e. The third-order valence-corrected chi connectivity index (χ3v) is 5.00. The number of nitrogens with one attached hydrogen (secondary N) is 1. The van der Waals surface area contributed by atoms with E-state index in [0.29, 0.717) is 12.0 Å². The summed E-state index contributed by atoms with van der Waals surface area (Å²) in [7, 11) is 0. The van der Waals surface area contributed by atoms with Crippen LogP contribution < -0.4 is 5.32 Å². The third kappa shape index (κ3) is 3.93. The average Bonchev–Trinajstić information content (AvgIpc) is 2.79. The summed E-state index contributed by atoms with van der Waals surface area (Å²) in [5.41, 5.74) is 0. The van der Waals surface area contributed by atoms with Crippen LogP contribution in [-0.4, -0.2) is 49.3 Å². The van der Waals surface area contributed by atoms with Gasteiger partial charge in [0.05, 0.1) is 6.61 Å². The Kier molecular flexibility index (Phi) is 6.11. The number of nitrogens with zero attached hydrogens (tertiary/aromatic N) is 1. The highest BCUT2D eigenvalue weighted by Gasteiger charge is 2.34. The van der Waals surface area contributed by atoms with Gasteiger partial charge in [-0.2, -0.15) is 0 Å². The van der Waals surface area contributed by atoms with Gasteiger partial charge in [0.25, 0.3) is 0 Å². The summed E-state index contributed by atoms with van der Waals surface area (Å²) in [4.78, 5) is 2.75. The lowest BCUT2D eigenvalue weighted by atomic mass is 9.94. The van der Waals surface area contributed by atoms with Crippen molar-refractivity contribution in [2.24, 2.45) is 5.92 Å². The predicted octanol–water partition coefficient (Wildman–Crippen LogP) is 2.65. The molecular formula is C16H32N2O. The minimum atomic E-state index is 0.666. The second kappa shape index (κ2) is 7.61. The second-order valence-corrected chi connectivity index (χ2v) is 6.37. The van der Waals surface area contributed by atoms with Gasteiger partial charge in [0.2, 0.25) is 0 Å². The molecule has 0 aliphatic carbocycles. The molecule has 1 N–H and O–H groups in total. The van der Waals surface area contributed by atoms with Gasteiger partial charge < -0.3 is 10.1 Å². The number of rotatable bonds is 6. The minimum absolute atomic E-state index is 0.666. The molecule has 2 saturated heterocycles. The molecule has 0 amide bonds. The van der Waals surface area contributed by atoms with Crippen LogP contribution in [-0.2, 0) is 4.74 Å². The molecule has 0 aromatic carbocycles. The van der Waals surface area contributed by atoms with Gasteiger partial charge in [-0.15, -0.1) is 0 Å². The summed E-state index contributed by atoms with van der Waals surface area (Å²) in [6, 6.07) is 2.24. The molecule has 0 aromatic rings. The van der Waals surface area contributed by atoms with Crippen molar-refractivity contribution in [3.8, 4) is 0 Å². The molecule has 2 heterocycles. The number of hydrogen-bond donors (Lipinski definition) is 1. The van der Waals surface area contributed by atoms with Gasteiger partial charge in [0, 0.05) is 37.2 Å².